The average Bonchev–Trinajstić information content (AvgIpc) is 2.83. The summed E-state index contributed by atoms with van der Waals surface area (Å²) in [6.45, 7) is 6.78. The average molecular weight is 279 g/mol. The van der Waals surface area contributed by atoms with Gasteiger partial charge in [0.05, 0.1) is 0 Å². The SMILES string of the molecule is C[CH2][Ge]([C]#CC=Nc1ncn[nH]1)([CH2]C)[CH2]C. The zero-order chi connectivity index (χ0) is 11.9. The van der Waals surface area contributed by atoms with Crippen LogP contribution >= 0.6 is 0 Å². The third-order valence-corrected chi connectivity index (χ3v) is 13.0. The van der Waals surface area contributed by atoms with Crippen molar-refractivity contribution < 1.29 is 0 Å². The molecule has 5 heteroatoms. The second-order valence-corrected chi connectivity index (χ2v) is 14.0. The molecular weight excluding hydrogens is 261 g/mol. The Morgan fingerprint density at radius 1 is 1.38 bits per heavy atom. The van der Waals surface area contributed by atoms with Gasteiger partial charge in [-0.05, 0) is 0 Å². The molecule has 1 aromatic heterocycles. The van der Waals surface area contributed by atoms with E-state index in [4.69, 9.17) is 0 Å². The van der Waals surface area contributed by atoms with Crippen LogP contribution in [0.5, 0.6) is 0 Å². The Bertz CT molecular complexity index is 374. The molecule has 4 nitrogen and oxygen atoms in total. The van der Waals surface area contributed by atoms with Crippen LogP contribution in [-0.2, 0) is 0 Å². The minimum atomic E-state index is -1.85. The molecular formula is C11H18GeN4. The topological polar surface area (TPSA) is 53.9 Å². The summed E-state index contributed by atoms with van der Waals surface area (Å²) in [5.74, 6) is 3.58. The predicted octanol–water partition coefficient (Wildman–Crippen LogP) is 2.56. The maximum absolute atomic E-state index is 4.07. The summed E-state index contributed by atoms with van der Waals surface area (Å²) in [6, 6.07) is 0. The maximum atomic E-state index is 4.07. The molecule has 0 aliphatic heterocycles. The van der Waals surface area contributed by atoms with Crippen molar-refractivity contribution in [1.29, 1.82) is 0 Å². The van der Waals surface area contributed by atoms with Gasteiger partial charge >= 0.3 is 99.1 Å². The number of aromatic amines is 1. The molecule has 0 saturated heterocycles. The minimum absolute atomic E-state index is 0.511. The normalized spacial score (nSPS) is 11.4. The number of nitrogens with one attached hydrogen (secondary N) is 1. The van der Waals surface area contributed by atoms with Gasteiger partial charge in [-0.1, -0.05) is 0 Å². The number of rotatable bonds is 4. The van der Waals surface area contributed by atoms with Crippen molar-refractivity contribution in [1.82, 2.24) is 15.2 Å². The molecule has 0 bridgehead atoms. The van der Waals surface area contributed by atoms with Crippen LogP contribution in [0.25, 0.3) is 0 Å². The first-order valence-electron chi connectivity index (χ1n) is 5.67. The van der Waals surface area contributed by atoms with Crippen LogP contribution in [-0.4, -0.2) is 34.7 Å². The summed E-state index contributed by atoms with van der Waals surface area (Å²) >= 11 is -1.85. The van der Waals surface area contributed by atoms with Crippen LogP contribution in [0, 0.1) is 10.7 Å². The van der Waals surface area contributed by atoms with Crippen LogP contribution in [0.4, 0.5) is 5.95 Å². The van der Waals surface area contributed by atoms with E-state index in [2.05, 4.69) is 51.6 Å². The van der Waals surface area contributed by atoms with Gasteiger partial charge in [0.1, 0.15) is 0 Å². The second-order valence-electron chi connectivity index (χ2n) is 3.68. The molecule has 0 saturated carbocycles. The van der Waals surface area contributed by atoms with E-state index in [1.807, 2.05) is 0 Å². The summed E-state index contributed by atoms with van der Waals surface area (Å²) in [5.41, 5.74) is 0. The molecule has 1 N–H and O–H groups in total. The van der Waals surface area contributed by atoms with Gasteiger partial charge in [-0.25, -0.2) is 0 Å². The second kappa shape index (κ2) is 6.49. The molecule has 0 amide bonds. The fourth-order valence-electron chi connectivity index (χ4n) is 1.56. The van der Waals surface area contributed by atoms with Crippen LogP contribution in [0.15, 0.2) is 11.3 Å². The van der Waals surface area contributed by atoms with E-state index in [9.17, 15) is 0 Å². The van der Waals surface area contributed by atoms with Gasteiger partial charge in [-0.2, -0.15) is 0 Å². The Labute approximate surface area is 99.3 Å². The molecule has 16 heavy (non-hydrogen) atoms. The van der Waals surface area contributed by atoms with Crippen LogP contribution in [0.1, 0.15) is 20.8 Å². The fraction of sp³-hybridized carbons (Fsp3) is 0.545. The van der Waals surface area contributed by atoms with Crippen LogP contribution in [0.3, 0.4) is 0 Å². The Kier molecular flexibility index (Phi) is 5.26. The van der Waals surface area contributed by atoms with Gasteiger partial charge in [0.15, 0.2) is 0 Å². The van der Waals surface area contributed by atoms with Gasteiger partial charge < -0.3 is 0 Å². The molecule has 1 rings (SSSR count). The standard InChI is InChI=1S/C11H18GeN4/c1-4-12(5-2,6-3)8-7-9-13-11-14-10-15-16-11/h9-10H,4-6H2,1-3H3,(H,14,15,16). The molecule has 0 unspecified atom stereocenters. The third kappa shape index (κ3) is 3.49. The Hall–Kier alpha value is -1.09. The van der Waals surface area contributed by atoms with Crippen molar-refractivity contribution >= 4 is 25.4 Å². The predicted molar refractivity (Wildman–Crippen MR) is 69.5 cm³/mol. The van der Waals surface area contributed by atoms with Crippen molar-refractivity contribution in [2.45, 2.75) is 36.5 Å². The van der Waals surface area contributed by atoms with Crippen LogP contribution in [0.2, 0.25) is 15.8 Å². The zero-order valence-electron chi connectivity index (χ0n) is 10.1. The van der Waals surface area contributed by atoms with Crippen molar-refractivity contribution in [3.63, 3.8) is 0 Å². The van der Waals surface area contributed by atoms with Crippen molar-refractivity contribution in [3.05, 3.63) is 6.33 Å². The molecule has 0 atom stereocenters. The molecule has 0 aliphatic rings. The van der Waals surface area contributed by atoms with Crippen molar-refractivity contribution in [2.75, 3.05) is 0 Å². The van der Waals surface area contributed by atoms with Crippen molar-refractivity contribution in [3.8, 4) is 10.7 Å². The quantitative estimate of drug-likeness (QED) is 0.523. The van der Waals surface area contributed by atoms with Gasteiger partial charge in [0.25, 0.3) is 0 Å². The number of H-pyrrole nitrogens is 1. The van der Waals surface area contributed by atoms with Gasteiger partial charge in [-0.3, -0.25) is 0 Å². The summed E-state index contributed by atoms with van der Waals surface area (Å²) in [7, 11) is 0. The van der Waals surface area contributed by atoms with E-state index < -0.39 is 13.3 Å². The number of aromatic nitrogens is 3. The van der Waals surface area contributed by atoms with E-state index in [1.165, 1.54) is 22.1 Å². The van der Waals surface area contributed by atoms with Gasteiger partial charge in [-0.15, -0.1) is 0 Å². The van der Waals surface area contributed by atoms with E-state index in [0.717, 1.165) is 0 Å². The number of aliphatic imine (C=N–C) groups is 1. The summed E-state index contributed by atoms with van der Waals surface area (Å²) < 4.78 is 3.47. The Balaban J connectivity index is 2.66. The third-order valence-electron chi connectivity index (χ3n) is 3.02. The zero-order valence-corrected chi connectivity index (χ0v) is 12.2. The van der Waals surface area contributed by atoms with Gasteiger partial charge in [0, 0.05) is 0 Å². The summed E-state index contributed by atoms with van der Waals surface area (Å²) in [6.07, 6.45) is 3.06. The monoisotopic (exact) mass is 280 g/mol. The first-order chi connectivity index (χ1) is 7.76. The first kappa shape index (κ1) is 13.0. The van der Waals surface area contributed by atoms with Crippen molar-refractivity contribution in [2.24, 2.45) is 4.99 Å². The molecule has 1 heterocycles. The number of hydrogen-bond donors (Lipinski definition) is 1. The van der Waals surface area contributed by atoms with E-state index in [-0.39, 0.29) is 0 Å². The Morgan fingerprint density at radius 3 is 2.56 bits per heavy atom. The first-order valence-corrected chi connectivity index (χ1v) is 11.2. The number of hydrogen-bond acceptors (Lipinski definition) is 3. The summed E-state index contributed by atoms with van der Waals surface area (Å²) in [5, 5.41) is 10.2. The summed E-state index contributed by atoms with van der Waals surface area (Å²) in [4.78, 5) is 7.97. The number of nitrogens with zero attached hydrogens (tertiary/aromatic N) is 3. The van der Waals surface area contributed by atoms with E-state index in [1.54, 1.807) is 6.21 Å². The Morgan fingerprint density at radius 2 is 2.06 bits per heavy atom. The molecule has 0 spiro atoms. The van der Waals surface area contributed by atoms with Crippen LogP contribution < -0.4 is 0 Å². The fourth-order valence-corrected chi connectivity index (χ4v) is 6.59. The molecule has 0 fully saturated rings. The molecule has 1 aromatic rings. The molecule has 0 aliphatic carbocycles. The molecule has 0 radical (unpaired) electrons. The van der Waals surface area contributed by atoms with E-state index >= 15 is 0 Å². The van der Waals surface area contributed by atoms with Gasteiger partial charge in [0.2, 0.25) is 0 Å². The molecule has 86 valence electrons. The van der Waals surface area contributed by atoms with E-state index in [0.29, 0.717) is 5.95 Å². The molecule has 0 aromatic carbocycles.